The largest absolute Gasteiger partial charge is 0.340 e. The number of hydrogen-bond donors (Lipinski definition) is 2. The summed E-state index contributed by atoms with van der Waals surface area (Å²) in [5.41, 5.74) is 3.16. The van der Waals surface area contributed by atoms with Crippen LogP contribution in [0, 0.1) is 5.92 Å². The van der Waals surface area contributed by atoms with Crippen LogP contribution in [-0.4, -0.2) is 10.9 Å². The number of benzene rings is 1. The molecule has 0 atom stereocenters. The van der Waals surface area contributed by atoms with E-state index in [1.807, 2.05) is 26.0 Å². The van der Waals surface area contributed by atoms with Gasteiger partial charge in [-0.05, 0) is 48.1 Å². The molecule has 0 aliphatic heterocycles. The molecule has 134 valence electrons. The predicted octanol–water partition coefficient (Wildman–Crippen LogP) is 5.50. The third-order valence-corrected chi connectivity index (χ3v) is 4.41. The van der Waals surface area contributed by atoms with E-state index >= 15 is 0 Å². The molecular formula is C21H29N3O. The lowest BCUT2D eigenvalue weighted by molar-refractivity contribution is -0.120. The minimum atomic E-state index is 0.0548. The summed E-state index contributed by atoms with van der Waals surface area (Å²) in [4.78, 5) is 16.5. The summed E-state index contributed by atoms with van der Waals surface area (Å²) in [5, 5.41) is 6.21. The summed E-state index contributed by atoms with van der Waals surface area (Å²) >= 11 is 0. The van der Waals surface area contributed by atoms with Crippen molar-refractivity contribution in [1.82, 2.24) is 4.98 Å². The summed E-state index contributed by atoms with van der Waals surface area (Å²) in [6.45, 7) is 10.7. The number of rotatable bonds is 6. The summed E-state index contributed by atoms with van der Waals surface area (Å²) in [5.74, 6) is 0.869. The minimum Gasteiger partial charge on any atom is -0.340 e. The van der Waals surface area contributed by atoms with Crippen LogP contribution >= 0.6 is 0 Å². The molecule has 0 fully saturated rings. The molecule has 1 amide bonds. The fraction of sp³-hybridized carbons (Fsp3) is 0.429. The molecular weight excluding hydrogens is 310 g/mol. The van der Waals surface area contributed by atoms with Gasteiger partial charge in [0.15, 0.2) is 0 Å². The van der Waals surface area contributed by atoms with Crippen molar-refractivity contribution < 1.29 is 4.79 Å². The topological polar surface area (TPSA) is 54.0 Å². The molecule has 2 aromatic rings. The molecule has 1 heterocycles. The van der Waals surface area contributed by atoms with Gasteiger partial charge in [-0.25, -0.2) is 4.98 Å². The van der Waals surface area contributed by atoms with Crippen LogP contribution in [0.1, 0.15) is 53.0 Å². The third kappa shape index (κ3) is 5.31. The van der Waals surface area contributed by atoms with Crippen molar-refractivity contribution >= 4 is 23.1 Å². The number of amides is 1. The zero-order chi connectivity index (χ0) is 18.4. The van der Waals surface area contributed by atoms with Crippen molar-refractivity contribution in [3.63, 3.8) is 0 Å². The summed E-state index contributed by atoms with van der Waals surface area (Å²) in [6.07, 6.45) is 3.38. The molecule has 4 heteroatoms. The Morgan fingerprint density at radius 2 is 1.60 bits per heavy atom. The van der Waals surface area contributed by atoms with Crippen molar-refractivity contribution in [1.29, 1.82) is 0 Å². The molecule has 25 heavy (non-hydrogen) atoms. The van der Waals surface area contributed by atoms with E-state index in [9.17, 15) is 4.79 Å². The number of hydrogen-bond acceptors (Lipinski definition) is 3. The van der Waals surface area contributed by atoms with Crippen molar-refractivity contribution in [2.24, 2.45) is 5.92 Å². The average molecular weight is 339 g/mol. The van der Waals surface area contributed by atoms with E-state index in [1.165, 1.54) is 5.56 Å². The second-order valence-corrected chi connectivity index (χ2v) is 7.39. The van der Waals surface area contributed by atoms with Gasteiger partial charge in [-0.2, -0.15) is 0 Å². The van der Waals surface area contributed by atoms with Gasteiger partial charge in [-0.15, -0.1) is 0 Å². The fourth-order valence-corrected chi connectivity index (χ4v) is 2.65. The van der Waals surface area contributed by atoms with Crippen LogP contribution in [0.15, 0.2) is 42.6 Å². The smallest absolute Gasteiger partial charge is 0.227 e. The maximum Gasteiger partial charge on any atom is 0.227 e. The molecule has 2 rings (SSSR count). The Kier molecular flexibility index (Phi) is 6.18. The number of carbonyl (C=O) groups excluding carboxylic acids is 1. The minimum absolute atomic E-state index is 0.0548. The number of carbonyl (C=O) groups is 1. The SMILES string of the molecule is CCC(CC)C(=O)Nc1ccc(Nc2ccc(C(C)(C)C)cc2)nc1. The quantitative estimate of drug-likeness (QED) is 0.731. The van der Waals surface area contributed by atoms with Gasteiger partial charge in [-0.1, -0.05) is 46.8 Å². The summed E-state index contributed by atoms with van der Waals surface area (Å²) < 4.78 is 0. The van der Waals surface area contributed by atoms with Gasteiger partial charge in [0.2, 0.25) is 5.91 Å². The molecule has 0 spiro atoms. The Labute approximate surface area is 151 Å². The molecule has 1 aromatic heterocycles. The van der Waals surface area contributed by atoms with Crippen LogP contribution in [0.25, 0.3) is 0 Å². The Bertz CT molecular complexity index is 681. The van der Waals surface area contributed by atoms with E-state index in [1.54, 1.807) is 6.20 Å². The standard InChI is InChI=1S/C21H29N3O/c1-6-15(7-2)20(25)24-18-12-13-19(22-14-18)23-17-10-8-16(9-11-17)21(3,4)5/h8-15H,6-7H2,1-5H3,(H,22,23)(H,24,25). The van der Waals surface area contributed by atoms with Gasteiger partial charge in [0, 0.05) is 11.6 Å². The molecule has 0 aliphatic rings. The van der Waals surface area contributed by atoms with Crippen LogP contribution in [0.3, 0.4) is 0 Å². The zero-order valence-corrected chi connectivity index (χ0v) is 15.9. The summed E-state index contributed by atoms with van der Waals surface area (Å²) in [6, 6.07) is 12.1. The first-order valence-electron chi connectivity index (χ1n) is 8.98. The number of nitrogens with zero attached hydrogens (tertiary/aromatic N) is 1. The van der Waals surface area contributed by atoms with Crippen molar-refractivity contribution in [2.75, 3.05) is 10.6 Å². The monoisotopic (exact) mass is 339 g/mol. The Morgan fingerprint density at radius 3 is 2.08 bits per heavy atom. The molecule has 4 nitrogen and oxygen atoms in total. The first kappa shape index (κ1) is 19.0. The van der Waals surface area contributed by atoms with E-state index in [4.69, 9.17) is 0 Å². The van der Waals surface area contributed by atoms with Crippen LogP contribution in [0.5, 0.6) is 0 Å². The number of anilines is 3. The highest BCUT2D eigenvalue weighted by atomic mass is 16.1. The third-order valence-electron chi connectivity index (χ3n) is 4.41. The second-order valence-electron chi connectivity index (χ2n) is 7.39. The van der Waals surface area contributed by atoms with Gasteiger partial charge in [0.1, 0.15) is 5.82 Å². The average Bonchev–Trinajstić information content (AvgIpc) is 2.57. The maximum atomic E-state index is 12.1. The molecule has 0 saturated heterocycles. The van der Waals surface area contributed by atoms with Crippen molar-refractivity contribution in [3.8, 4) is 0 Å². The molecule has 0 bridgehead atoms. The molecule has 0 saturated carbocycles. The highest BCUT2D eigenvalue weighted by Crippen LogP contribution is 2.24. The summed E-state index contributed by atoms with van der Waals surface area (Å²) in [7, 11) is 0. The molecule has 2 N–H and O–H groups in total. The van der Waals surface area contributed by atoms with Gasteiger partial charge in [-0.3, -0.25) is 4.79 Å². The molecule has 0 unspecified atom stereocenters. The van der Waals surface area contributed by atoms with E-state index in [0.717, 1.165) is 30.0 Å². The fourth-order valence-electron chi connectivity index (χ4n) is 2.65. The van der Waals surface area contributed by atoms with E-state index in [-0.39, 0.29) is 17.2 Å². The van der Waals surface area contributed by atoms with Gasteiger partial charge in [0.25, 0.3) is 0 Å². The highest BCUT2D eigenvalue weighted by Gasteiger charge is 2.14. The molecule has 0 aliphatic carbocycles. The number of pyridine rings is 1. The van der Waals surface area contributed by atoms with Crippen molar-refractivity contribution in [3.05, 3.63) is 48.2 Å². The Balaban J connectivity index is 1.99. The first-order chi connectivity index (χ1) is 11.8. The Hall–Kier alpha value is -2.36. The van der Waals surface area contributed by atoms with Gasteiger partial charge >= 0.3 is 0 Å². The van der Waals surface area contributed by atoms with E-state index in [0.29, 0.717) is 0 Å². The van der Waals surface area contributed by atoms with E-state index < -0.39 is 0 Å². The van der Waals surface area contributed by atoms with E-state index in [2.05, 4.69) is 60.7 Å². The lowest BCUT2D eigenvalue weighted by atomic mass is 9.87. The first-order valence-corrected chi connectivity index (χ1v) is 8.98. The van der Waals surface area contributed by atoms with Crippen LogP contribution in [0.2, 0.25) is 0 Å². The van der Waals surface area contributed by atoms with Crippen LogP contribution in [-0.2, 0) is 10.2 Å². The Morgan fingerprint density at radius 1 is 1.00 bits per heavy atom. The van der Waals surface area contributed by atoms with Gasteiger partial charge < -0.3 is 10.6 Å². The normalized spacial score (nSPS) is 11.4. The molecule has 0 radical (unpaired) electrons. The predicted molar refractivity (Wildman–Crippen MR) is 105 cm³/mol. The lowest BCUT2D eigenvalue weighted by Crippen LogP contribution is -2.21. The maximum absolute atomic E-state index is 12.1. The second kappa shape index (κ2) is 8.15. The van der Waals surface area contributed by atoms with Crippen molar-refractivity contribution in [2.45, 2.75) is 52.9 Å². The zero-order valence-electron chi connectivity index (χ0n) is 15.9. The number of nitrogens with one attached hydrogen (secondary N) is 2. The van der Waals surface area contributed by atoms with Crippen LogP contribution < -0.4 is 10.6 Å². The highest BCUT2D eigenvalue weighted by molar-refractivity contribution is 5.92. The molecule has 1 aromatic carbocycles. The van der Waals surface area contributed by atoms with Crippen LogP contribution in [0.4, 0.5) is 17.2 Å². The lowest BCUT2D eigenvalue weighted by Gasteiger charge is -2.19. The number of aromatic nitrogens is 1. The van der Waals surface area contributed by atoms with Gasteiger partial charge in [0.05, 0.1) is 11.9 Å².